The first kappa shape index (κ1) is 30.4. The summed E-state index contributed by atoms with van der Waals surface area (Å²) >= 11 is 0. The highest BCUT2D eigenvalue weighted by Gasteiger charge is 2.35. The number of hydrogen-bond donors (Lipinski definition) is 0. The predicted molar refractivity (Wildman–Crippen MR) is 175 cm³/mol. The van der Waals surface area contributed by atoms with Gasteiger partial charge in [0.15, 0.2) is 0 Å². The molecule has 0 N–H and O–H groups in total. The second-order valence-corrected chi connectivity index (χ2v) is 12.4. The van der Waals surface area contributed by atoms with Crippen LogP contribution in [0.1, 0.15) is 36.8 Å². The number of para-hydroxylation sites is 2. The van der Waals surface area contributed by atoms with Crippen molar-refractivity contribution in [2.75, 3.05) is 64.4 Å². The Hall–Kier alpha value is -3.68. The van der Waals surface area contributed by atoms with Crippen molar-refractivity contribution in [3.63, 3.8) is 0 Å². The molecule has 232 valence electrons. The second kappa shape index (κ2) is 14.4. The lowest BCUT2D eigenvalue weighted by Crippen LogP contribution is -2.56. The number of carbonyl (C=O) groups is 1. The van der Waals surface area contributed by atoms with Crippen molar-refractivity contribution in [2.45, 2.75) is 38.3 Å². The summed E-state index contributed by atoms with van der Waals surface area (Å²) in [6.45, 7) is 8.42. The van der Waals surface area contributed by atoms with E-state index in [-0.39, 0.29) is 11.7 Å². The van der Waals surface area contributed by atoms with Crippen LogP contribution >= 0.6 is 0 Å². The monoisotopic (exact) mass is 596 g/mol. The molecule has 0 saturated carbocycles. The topological polar surface area (TPSA) is 39.3 Å². The van der Waals surface area contributed by atoms with Gasteiger partial charge in [-0.25, -0.2) is 4.39 Å². The van der Waals surface area contributed by atoms with Gasteiger partial charge in [0.05, 0.1) is 12.8 Å². The number of amides is 1. The molecule has 44 heavy (non-hydrogen) atoms. The molecule has 3 aromatic carbocycles. The number of rotatable bonds is 9. The molecule has 6 nitrogen and oxygen atoms in total. The van der Waals surface area contributed by atoms with Gasteiger partial charge in [-0.1, -0.05) is 60.7 Å². The van der Waals surface area contributed by atoms with Crippen LogP contribution in [0.5, 0.6) is 5.75 Å². The Balaban J connectivity index is 1.08. The van der Waals surface area contributed by atoms with Crippen molar-refractivity contribution in [1.82, 2.24) is 14.7 Å². The van der Waals surface area contributed by atoms with Gasteiger partial charge in [0.25, 0.3) is 0 Å². The number of carbonyl (C=O) groups excluding carboxylic acids is 1. The quantitative estimate of drug-likeness (QED) is 0.306. The van der Waals surface area contributed by atoms with E-state index in [0.29, 0.717) is 24.9 Å². The largest absolute Gasteiger partial charge is 0.495 e. The minimum absolute atomic E-state index is 0.219. The SMILES string of the molecule is COc1ccccc1N1CCN([C@@H]2CCN(Cc3ccccc3)C[C@@H]2CCC(=O)N2CC=C(c3ccc(F)cc3)CC2)CC1. The van der Waals surface area contributed by atoms with E-state index in [0.717, 1.165) is 82.9 Å². The van der Waals surface area contributed by atoms with Crippen molar-refractivity contribution >= 4 is 17.2 Å². The van der Waals surface area contributed by atoms with Crippen LogP contribution in [0.25, 0.3) is 5.57 Å². The molecule has 7 heteroatoms. The normalized spacial score (nSPS) is 21.6. The van der Waals surface area contributed by atoms with Gasteiger partial charge >= 0.3 is 0 Å². The van der Waals surface area contributed by atoms with Gasteiger partial charge in [0, 0.05) is 64.8 Å². The Bertz CT molecular complexity index is 1400. The van der Waals surface area contributed by atoms with Crippen LogP contribution in [0.3, 0.4) is 0 Å². The number of methoxy groups -OCH3 is 1. The number of anilines is 1. The highest BCUT2D eigenvalue weighted by Crippen LogP contribution is 2.32. The summed E-state index contributed by atoms with van der Waals surface area (Å²) in [6.07, 6.45) is 5.58. The number of piperazine rings is 1. The molecule has 6 rings (SSSR count). The number of nitrogens with zero attached hydrogens (tertiary/aromatic N) is 4. The summed E-state index contributed by atoms with van der Waals surface area (Å²) in [5, 5.41) is 0. The predicted octanol–water partition coefficient (Wildman–Crippen LogP) is 5.94. The van der Waals surface area contributed by atoms with Crippen LogP contribution in [0.15, 0.2) is 84.9 Å². The van der Waals surface area contributed by atoms with Crippen LogP contribution in [-0.2, 0) is 11.3 Å². The highest BCUT2D eigenvalue weighted by atomic mass is 19.1. The van der Waals surface area contributed by atoms with Gasteiger partial charge in [-0.2, -0.15) is 0 Å². The van der Waals surface area contributed by atoms with E-state index in [1.54, 1.807) is 7.11 Å². The standard InChI is InChI=1S/C37H45FN4O2/c1-44-36-10-6-5-9-35(36)41-25-23-40(24-26-41)34-19-20-39(27-29-7-3-2-4-8-29)28-32(34)13-16-37(43)42-21-17-31(18-22-42)30-11-14-33(38)15-12-30/h2-12,14-15,17,32,34H,13,16,18-28H2,1H3/t32-,34+/m0/s1. The molecule has 3 aromatic rings. The molecule has 0 bridgehead atoms. The first-order chi connectivity index (χ1) is 21.6. The summed E-state index contributed by atoms with van der Waals surface area (Å²) in [4.78, 5) is 23.2. The molecule has 1 amide bonds. The number of likely N-dealkylation sites (tertiary alicyclic amines) is 1. The van der Waals surface area contributed by atoms with Gasteiger partial charge in [0.2, 0.25) is 5.91 Å². The van der Waals surface area contributed by atoms with Gasteiger partial charge in [-0.15, -0.1) is 0 Å². The third-order valence-electron chi connectivity index (χ3n) is 9.74. The minimum Gasteiger partial charge on any atom is -0.495 e. The Morgan fingerprint density at radius 2 is 1.64 bits per heavy atom. The maximum Gasteiger partial charge on any atom is 0.222 e. The van der Waals surface area contributed by atoms with Gasteiger partial charge in [-0.05, 0) is 72.7 Å². The summed E-state index contributed by atoms with van der Waals surface area (Å²) in [7, 11) is 1.74. The van der Waals surface area contributed by atoms with Crippen LogP contribution < -0.4 is 9.64 Å². The van der Waals surface area contributed by atoms with Gasteiger partial charge in [0.1, 0.15) is 11.6 Å². The zero-order chi connectivity index (χ0) is 30.3. The summed E-state index contributed by atoms with van der Waals surface area (Å²) in [6, 6.07) is 26.2. The highest BCUT2D eigenvalue weighted by molar-refractivity contribution is 5.78. The zero-order valence-electron chi connectivity index (χ0n) is 25.9. The smallest absolute Gasteiger partial charge is 0.222 e. The molecule has 0 unspecified atom stereocenters. The van der Waals surface area contributed by atoms with E-state index < -0.39 is 0 Å². The summed E-state index contributed by atoms with van der Waals surface area (Å²) < 4.78 is 19.0. The van der Waals surface area contributed by atoms with Crippen molar-refractivity contribution < 1.29 is 13.9 Å². The maximum absolute atomic E-state index is 13.4. The van der Waals surface area contributed by atoms with Crippen LogP contribution in [-0.4, -0.2) is 86.1 Å². The average Bonchev–Trinajstić information content (AvgIpc) is 3.08. The molecular formula is C37H45FN4O2. The third kappa shape index (κ3) is 7.33. The molecule has 0 spiro atoms. The molecule has 3 aliphatic heterocycles. The van der Waals surface area contributed by atoms with Crippen molar-refractivity contribution in [3.05, 3.63) is 102 Å². The lowest BCUT2D eigenvalue weighted by molar-refractivity contribution is -0.131. The van der Waals surface area contributed by atoms with Crippen molar-refractivity contribution in [3.8, 4) is 5.75 Å². The number of piperidine rings is 1. The number of halogens is 1. The molecule has 0 radical (unpaired) electrons. The first-order valence-electron chi connectivity index (χ1n) is 16.2. The molecule has 2 fully saturated rings. The Labute approximate surface area is 261 Å². The molecule has 3 aliphatic rings. The maximum atomic E-state index is 13.4. The number of hydrogen-bond acceptors (Lipinski definition) is 5. The summed E-state index contributed by atoms with van der Waals surface area (Å²) in [5.74, 6) is 1.41. The van der Waals surface area contributed by atoms with E-state index in [2.05, 4.69) is 63.2 Å². The van der Waals surface area contributed by atoms with Gasteiger partial charge < -0.3 is 14.5 Å². The molecule has 0 aromatic heterocycles. The van der Waals surface area contributed by atoms with Crippen molar-refractivity contribution in [1.29, 1.82) is 0 Å². The Morgan fingerprint density at radius 3 is 2.36 bits per heavy atom. The number of benzene rings is 3. The lowest BCUT2D eigenvalue weighted by atomic mass is 9.86. The van der Waals surface area contributed by atoms with Gasteiger partial charge in [-0.3, -0.25) is 14.6 Å². The van der Waals surface area contributed by atoms with Crippen LogP contribution in [0.4, 0.5) is 10.1 Å². The van der Waals surface area contributed by atoms with Crippen molar-refractivity contribution in [2.24, 2.45) is 5.92 Å². The Kier molecular flexibility index (Phi) is 9.93. The second-order valence-electron chi connectivity index (χ2n) is 12.4. The van der Waals surface area contributed by atoms with E-state index in [4.69, 9.17) is 4.74 Å². The van der Waals surface area contributed by atoms with Crippen LogP contribution in [0.2, 0.25) is 0 Å². The van der Waals surface area contributed by atoms with E-state index >= 15 is 0 Å². The fourth-order valence-corrected chi connectivity index (χ4v) is 7.32. The zero-order valence-corrected chi connectivity index (χ0v) is 25.9. The number of ether oxygens (including phenoxy) is 1. The molecule has 0 aliphatic carbocycles. The van der Waals surface area contributed by atoms with E-state index in [9.17, 15) is 9.18 Å². The third-order valence-corrected chi connectivity index (χ3v) is 9.74. The summed E-state index contributed by atoms with van der Waals surface area (Å²) in [5.41, 5.74) is 4.77. The Morgan fingerprint density at radius 1 is 0.886 bits per heavy atom. The fraction of sp³-hybridized carbons (Fsp3) is 0.432. The fourth-order valence-electron chi connectivity index (χ4n) is 7.32. The van der Waals surface area contributed by atoms with E-state index in [1.807, 2.05) is 29.2 Å². The first-order valence-corrected chi connectivity index (χ1v) is 16.2. The van der Waals surface area contributed by atoms with Crippen LogP contribution in [0, 0.1) is 11.7 Å². The minimum atomic E-state index is -0.219. The van der Waals surface area contributed by atoms with E-state index in [1.165, 1.54) is 29.0 Å². The molecule has 3 heterocycles. The molecular weight excluding hydrogens is 551 g/mol. The molecule has 2 atom stereocenters. The average molecular weight is 597 g/mol. The molecule has 2 saturated heterocycles. The lowest BCUT2D eigenvalue weighted by Gasteiger charge is -2.47.